The van der Waals surface area contributed by atoms with Crippen LogP contribution in [0.3, 0.4) is 0 Å². The number of rotatable bonds is 3. The Kier molecular flexibility index (Phi) is 6.34. The highest BCUT2D eigenvalue weighted by atomic mass is 32.2. The topological polar surface area (TPSA) is 146 Å². The van der Waals surface area contributed by atoms with Gasteiger partial charge in [-0.2, -0.15) is 0 Å². The van der Waals surface area contributed by atoms with Gasteiger partial charge in [-0.3, -0.25) is 9.59 Å². The third kappa shape index (κ3) is 6.30. The predicted octanol–water partition coefficient (Wildman–Crippen LogP) is -0.0875. The largest absolute Gasteiger partial charge is 0.366 e. The van der Waals surface area contributed by atoms with Crippen LogP contribution in [0.2, 0.25) is 0 Å². The van der Waals surface area contributed by atoms with Crippen LogP contribution < -0.4 is 16.6 Å². The molecule has 0 saturated carbocycles. The molecule has 1 rings (SSSR count). The molecule has 0 atom stereocenters. The van der Waals surface area contributed by atoms with E-state index in [0.717, 1.165) is 11.8 Å². The molecule has 2 amide bonds. The highest BCUT2D eigenvalue weighted by Gasteiger charge is 2.18. The highest BCUT2D eigenvalue weighted by molar-refractivity contribution is 7.88. The minimum atomic E-state index is -3.17. The Bertz CT molecular complexity index is 601. The number of carbonyl (C=O) groups excluding carboxylic acids is 2. The third-order valence-electron chi connectivity index (χ3n) is 2.23. The number of amides is 2. The van der Waals surface area contributed by atoms with Gasteiger partial charge in [-0.1, -0.05) is 26.0 Å². The maximum absolute atomic E-state index is 11.3. The number of primary sulfonamides is 1. The zero-order valence-corrected chi connectivity index (χ0v) is 12.4. The first kappa shape index (κ1) is 18.1. The van der Waals surface area contributed by atoms with Crippen LogP contribution in [0.1, 0.15) is 46.0 Å². The molecule has 1 aromatic rings. The molecular formula is C12H19N3O4S. The van der Waals surface area contributed by atoms with Gasteiger partial charge in [0, 0.05) is 0 Å². The molecule has 0 saturated heterocycles. The smallest absolute Gasteiger partial charge is 0.249 e. The van der Waals surface area contributed by atoms with Gasteiger partial charge < -0.3 is 11.5 Å². The SMILES string of the molecule is CC(C)c1cccc(C(N)=O)c1C(N)=O.CS(N)(=O)=O. The number of carbonyl (C=O) groups is 2. The summed E-state index contributed by atoms with van der Waals surface area (Å²) in [6.45, 7) is 3.85. The van der Waals surface area contributed by atoms with Crippen molar-refractivity contribution in [3.63, 3.8) is 0 Å². The zero-order chi connectivity index (χ0) is 16.1. The van der Waals surface area contributed by atoms with E-state index in [1.807, 2.05) is 13.8 Å². The fraction of sp³-hybridized carbons (Fsp3) is 0.333. The third-order valence-corrected chi connectivity index (χ3v) is 2.23. The Hall–Kier alpha value is -1.93. The molecule has 20 heavy (non-hydrogen) atoms. The van der Waals surface area contributed by atoms with Crippen LogP contribution in [0.25, 0.3) is 0 Å². The van der Waals surface area contributed by atoms with E-state index in [4.69, 9.17) is 11.5 Å². The van der Waals surface area contributed by atoms with E-state index < -0.39 is 21.8 Å². The lowest BCUT2D eigenvalue weighted by molar-refractivity contribution is 0.0966. The minimum Gasteiger partial charge on any atom is -0.366 e. The second kappa shape index (κ2) is 7.01. The van der Waals surface area contributed by atoms with Crippen LogP contribution in [0.5, 0.6) is 0 Å². The molecule has 1 aromatic carbocycles. The van der Waals surface area contributed by atoms with Crippen LogP contribution in [0.4, 0.5) is 0 Å². The summed E-state index contributed by atoms with van der Waals surface area (Å²) < 4.78 is 18.8. The molecule has 0 bridgehead atoms. The minimum absolute atomic E-state index is 0.117. The molecule has 0 fully saturated rings. The average Bonchev–Trinajstić information content (AvgIpc) is 2.25. The summed E-state index contributed by atoms with van der Waals surface area (Å²) in [5.41, 5.74) is 11.6. The lowest BCUT2D eigenvalue weighted by Crippen LogP contribution is -2.22. The monoisotopic (exact) mass is 301 g/mol. The Labute approximate surface area is 118 Å². The Morgan fingerprint density at radius 3 is 1.85 bits per heavy atom. The Morgan fingerprint density at radius 2 is 1.55 bits per heavy atom. The summed E-state index contributed by atoms with van der Waals surface area (Å²) in [5.74, 6) is -1.13. The number of hydrogen-bond acceptors (Lipinski definition) is 4. The first-order valence-corrected chi connectivity index (χ1v) is 7.60. The van der Waals surface area contributed by atoms with Gasteiger partial charge in [0.1, 0.15) is 0 Å². The zero-order valence-electron chi connectivity index (χ0n) is 11.6. The number of benzene rings is 1. The van der Waals surface area contributed by atoms with Crippen LogP contribution >= 0.6 is 0 Å². The van der Waals surface area contributed by atoms with Crippen molar-refractivity contribution >= 4 is 21.8 Å². The molecule has 0 aliphatic rings. The number of hydrogen-bond donors (Lipinski definition) is 3. The van der Waals surface area contributed by atoms with Gasteiger partial charge in [-0.15, -0.1) is 0 Å². The summed E-state index contributed by atoms with van der Waals surface area (Å²) in [5, 5.41) is 4.33. The van der Waals surface area contributed by atoms with E-state index in [0.29, 0.717) is 0 Å². The van der Waals surface area contributed by atoms with Gasteiger partial charge in [0.25, 0.3) is 0 Å². The van der Waals surface area contributed by atoms with Crippen molar-refractivity contribution in [1.29, 1.82) is 0 Å². The summed E-state index contributed by atoms with van der Waals surface area (Å²) in [7, 11) is -3.17. The van der Waals surface area contributed by atoms with Crippen molar-refractivity contribution in [2.75, 3.05) is 6.26 Å². The number of nitrogens with two attached hydrogens (primary N) is 3. The van der Waals surface area contributed by atoms with Crippen molar-refractivity contribution in [3.05, 3.63) is 34.9 Å². The number of sulfonamides is 1. The average molecular weight is 301 g/mol. The quantitative estimate of drug-likeness (QED) is 0.715. The molecule has 0 radical (unpaired) electrons. The molecule has 0 spiro atoms. The Balaban J connectivity index is 0.000000621. The first-order chi connectivity index (χ1) is 8.95. The maximum atomic E-state index is 11.3. The molecule has 0 aliphatic heterocycles. The number of primary amides is 2. The second-order valence-electron chi connectivity index (χ2n) is 4.48. The molecule has 0 aromatic heterocycles. The predicted molar refractivity (Wildman–Crippen MR) is 76.6 cm³/mol. The van der Waals surface area contributed by atoms with Crippen molar-refractivity contribution in [1.82, 2.24) is 0 Å². The summed E-state index contributed by atoms with van der Waals surface area (Å²) in [6, 6.07) is 4.98. The highest BCUT2D eigenvalue weighted by Crippen LogP contribution is 2.22. The van der Waals surface area contributed by atoms with Gasteiger partial charge in [-0.05, 0) is 17.5 Å². The second-order valence-corrected chi connectivity index (χ2v) is 6.14. The van der Waals surface area contributed by atoms with E-state index in [1.54, 1.807) is 12.1 Å². The van der Waals surface area contributed by atoms with Crippen molar-refractivity contribution in [3.8, 4) is 0 Å². The van der Waals surface area contributed by atoms with Crippen LogP contribution in [0, 0.1) is 0 Å². The van der Waals surface area contributed by atoms with Crippen LogP contribution in [0.15, 0.2) is 18.2 Å². The van der Waals surface area contributed by atoms with Gasteiger partial charge >= 0.3 is 0 Å². The summed E-state index contributed by atoms with van der Waals surface area (Å²) in [4.78, 5) is 22.4. The standard InChI is InChI=1S/C11H14N2O2.CH5NO2S/c1-6(2)7-4-3-5-8(10(12)14)9(7)11(13)15;1-5(2,3)4/h3-6H,1-2H3,(H2,12,14)(H2,13,15);1H3,(H2,2,3,4). The summed E-state index contributed by atoms with van der Waals surface area (Å²) in [6.07, 6.45) is 0.938. The fourth-order valence-electron chi connectivity index (χ4n) is 1.53. The van der Waals surface area contributed by atoms with E-state index in [1.165, 1.54) is 6.07 Å². The van der Waals surface area contributed by atoms with Crippen molar-refractivity contribution in [2.45, 2.75) is 19.8 Å². The van der Waals surface area contributed by atoms with E-state index in [9.17, 15) is 18.0 Å². The molecule has 0 aliphatic carbocycles. The van der Waals surface area contributed by atoms with Gasteiger partial charge in [0.15, 0.2) is 0 Å². The molecule has 6 N–H and O–H groups in total. The van der Waals surface area contributed by atoms with E-state index in [2.05, 4.69) is 5.14 Å². The fourth-order valence-corrected chi connectivity index (χ4v) is 1.53. The molecule has 8 heteroatoms. The Morgan fingerprint density at radius 1 is 1.10 bits per heavy atom. The molecule has 0 unspecified atom stereocenters. The lowest BCUT2D eigenvalue weighted by Gasteiger charge is -2.12. The van der Waals surface area contributed by atoms with Crippen LogP contribution in [-0.4, -0.2) is 26.5 Å². The molecule has 112 valence electrons. The van der Waals surface area contributed by atoms with E-state index >= 15 is 0 Å². The molecule has 0 heterocycles. The first-order valence-electron chi connectivity index (χ1n) is 5.65. The van der Waals surface area contributed by atoms with E-state index in [-0.39, 0.29) is 17.0 Å². The maximum Gasteiger partial charge on any atom is 0.249 e. The van der Waals surface area contributed by atoms with Crippen molar-refractivity contribution < 1.29 is 18.0 Å². The molecular weight excluding hydrogens is 282 g/mol. The normalized spacial score (nSPS) is 10.7. The van der Waals surface area contributed by atoms with Crippen molar-refractivity contribution in [2.24, 2.45) is 16.6 Å². The molecule has 7 nitrogen and oxygen atoms in total. The summed E-state index contributed by atoms with van der Waals surface area (Å²) >= 11 is 0. The van der Waals surface area contributed by atoms with Gasteiger partial charge in [0.05, 0.1) is 17.4 Å². The van der Waals surface area contributed by atoms with Gasteiger partial charge in [0.2, 0.25) is 21.8 Å². The van der Waals surface area contributed by atoms with Crippen LogP contribution in [-0.2, 0) is 10.0 Å². The lowest BCUT2D eigenvalue weighted by atomic mass is 9.92. The van der Waals surface area contributed by atoms with Gasteiger partial charge in [-0.25, -0.2) is 13.6 Å².